The van der Waals surface area contributed by atoms with E-state index < -0.39 is 20.3 Å². The van der Waals surface area contributed by atoms with E-state index in [0.717, 1.165) is 0 Å². The van der Waals surface area contributed by atoms with E-state index in [2.05, 4.69) is 0 Å². The van der Waals surface area contributed by atoms with Crippen LogP contribution in [0.2, 0.25) is 0 Å². The zero-order valence-electron chi connectivity index (χ0n) is 7.39. The van der Waals surface area contributed by atoms with Crippen LogP contribution in [0, 0.1) is 61.3 Å². The van der Waals surface area contributed by atoms with Crippen LogP contribution < -0.4 is 0 Å². The van der Waals surface area contributed by atoms with Gasteiger partial charge in [0.1, 0.15) is 0 Å². The number of hydrogen-bond acceptors (Lipinski definition) is 12. The fourth-order valence-electron chi connectivity index (χ4n) is 0. The van der Waals surface area contributed by atoms with Crippen molar-refractivity contribution in [2.75, 3.05) is 0 Å². The molecule has 0 fully saturated rings. The van der Waals surface area contributed by atoms with Crippen LogP contribution in [0.25, 0.3) is 0 Å². The van der Waals surface area contributed by atoms with E-state index >= 15 is 0 Å². The molecule has 16 nitrogen and oxygen atoms in total. The molecule has 0 spiro atoms. The van der Waals surface area contributed by atoms with Crippen LogP contribution in [-0.4, -0.2) is 46.5 Å². The Kier molecular flexibility index (Phi) is 40.5. The topological polar surface area (TPSA) is 265 Å². The second kappa shape index (κ2) is 23.5. The Labute approximate surface area is 108 Å². The van der Waals surface area contributed by atoms with Crippen LogP contribution in [0.4, 0.5) is 0 Å². The zero-order chi connectivity index (χ0) is 14.3. The van der Waals surface area contributed by atoms with Crippen LogP contribution >= 0.6 is 0 Å². The standard InChI is InChI=1S/Bi.4NO3.3H/c;4*2-1(3)4;;;/q;4*-1;;;. The fraction of sp³-hybridized carbons (Fsp3) is 0. The summed E-state index contributed by atoms with van der Waals surface area (Å²) in [4.78, 5) is 33.0. The third kappa shape index (κ3) is 348. The van der Waals surface area contributed by atoms with Gasteiger partial charge in [-0.25, -0.2) is 0 Å². The van der Waals surface area contributed by atoms with E-state index in [1.54, 1.807) is 0 Å². The van der Waals surface area contributed by atoms with E-state index in [4.69, 9.17) is 61.3 Å². The minimum absolute atomic E-state index is 0. The van der Waals surface area contributed by atoms with Gasteiger partial charge in [-0.2, -0.15) is 0 Å². The molecule has 0 aliphatic heterocycles. The molecule has 0 aliphatic carbocycles. The molecule has 0 aromatic rings. The summed E-state index contributed by atoms with van der Waals surface area (Å²) in [6, 6.07) is 0. The van der Waals surface area contributed by atoms with E-state index in [-0.39, 0.29) is 26.2 Å². The van der Waals surface area contributed by atoms with Gasteiger partial charge in [0, 0.05) is 0 Å². The van der Waals surface area contributed by atoms with Gasteiger partial charge < -0.3 is 61.3 Å². The first-order chi connectivity index (χ1) is 6.93. The van der Waals surface area contributed by atoms with Gasteiger partial charge >= 0.3 is 26.2 Å². The van der Waals surface area contributed by atoms with Crippen molar-refractivity contribution < 1.29 is 20.3 Å². The summed E-state index contributed by atoms with van der Waals surface area (Å²) in [5, 5.41) is 59.0. The van der Waals surface area contributed by atoms with Crippen LogP contribution in [0.5, 0.6) is 0 Å². The maximum absolute atomic E-state index is 8.25. The molecule has 0 radical (unpaired) electrons. The Bertz CT molecular complexity index is 159. The third-order valence-electron chi connectivity index (χ3n) is 0. The van der Waals surface area contributed by atoms with Crippen molar-refractivity contribution in [3.05, 3.63) is 61.3 Å². The van der Waals surface area contributed by atoms with Gasteiger partial charge in [0.15, 0.2) is 0 Å². The normalized spacial score (nSPS) is 5.65. The molecule has 104 valence electrons. The van der Waals surface area contributed by atoms with Crippen molar-refractivity contribution in [2.24, 2.45) is 0 Å². The summed E-state index contributed by atoms with van der Waals surface area (Å²) >= 11 is 0. The Morgan fingerprint density at radius 1 is 0.412 bits per heavy atom. The predicted octanol–water partition coefficient (Wildman–Crippen LogP) is -2.14. The average molecular weight is 460 g/mol. The Morgan fingerprint density at radius 3 is 0.412 bits per heavy atom. The van der Waals surface area contributed by atoms with Crippen molar-refractivity contribution >= 4 is 26.2 Å². The Morgan fingerprint density at radius 2 is 0.412 bits per heavy atom. The maximum atomic E-state index is 8.25. The molecule has 0 saturated carbocycles. The molecule has 0 atom stereocenters. The summed E-state index contributed by atoms with van der Waals surface area (Å²) in [7, 11) is 0. The molecule has 17 heteroatoms. The molecule has 0 N–H and O–H groups in total. The van der Waals surface area contributed by atoms with E-state index in [9.17, 15) is 0 Å². The molecule has 0 aliphatic rings. The fourth-order valence-corrected chi connectivity index (χ4v) is 0. The number of hydrogen-bond donors (Lipinski definition) is 0. The van der Waals surface area contributed by atoms with E-state index in [1.165, 1.54) is 0 Å². The van der Waals surface area contributed by atoms with Gasteiger partial charge in [-0.1, -0.05) is 0 Å². The first kappa shape index (κ1) is 29.3. The van der Waals surface area contributed by atoms with Crippen LogP contribution in [0.15, 0.2) is 0 Å². The van der Waals surface area contributed by atoms with Crippen LogP contribution in [-0.2, 0) is 0 Å². The summed E-state index contributed by atoms with van der Waals surface area (Å²) in [5.74, 6) is 0. The van der Waals surface area contributed by atoms with Gasteiger partial charge in [0.05, 0.1) is 20.3 Å². The average Bonchev–Trinajstić information content (AvgIpc) is 1.76. The molecular weight excluding hydrogens is 457 g/mol. The first-order valence-corrected chi connectivity index (χ1v) is 2.19. The number of rotatable bonds is 0. The monoisotopic (exact) mass is 460 g/mol. The third-order valence-corrected chi connectivity index (χ3v) is 0. The second-order valence-electron chi connectivity index (χ2n) is 0.894. The summed E-state index contributed by atoms with van der Waals surface area (Å²) in [6.45, 7) is 0. The molecule has 0 unspecified atom stereocenters. The number of nitrogens with zero attached hydrogens (tertiary/aromatic N) is 4. The molecule has 0 amide bonds. The van der Waals surface area contributed by atoms with E-state index in [0.29, 0.717) is 0 Å². The van der Waals surface area contributed by atoms with Crippen molar-refractivity contribution in [1.82, 2.24) is 0 Å². The molecular formula is H3BiN4O12-4. The zero-order valence-corrected chi connectivity index (χ0v) is 12.9. The summed E-state index contributed by atoms with van der Waals surface area (Å²) < 4.78 is 0. The van der Waals surface area contributed by atoms with Gasteiger partial charge in [-0.05, 0) is 0 Å². The quantitative estimate of drug-likeness (QED) is 0.213. The predicted molar refractivity (Wildman–Crippen MR) is 51.4 cm³/mol. The van der Waals surface area contributed by atoms with E-state index in [1.807, 2.05) is 0 Å². The summed E-state index contributed by atoms with van der Waals surface area (Å²) in [5.41, 5.74) is 0. The Balaban J connectivity index is -0.0000000369. The van der Waals surface area contributed by atoms with Crippen molar-refractivity contribution in [1.29, 1.82) is 0 Å². The van der Waals surface area contributed by atoms with Gasteiger partial charge in [0.2, 0.25) is 0 Å². The molecule has 0 aromatic carbocycles. The molecule has 0 saturated heterocycles. The van der Waals surface area contributed by atoms with Crippen molar-refractivity contribution in [2.45, 2.75) is 0 Å². The Hall–Kier alpha value is -2.32. The summed E-state index contributed by atoms with van der Waals surface area (Å²) in [6.07, 6.45) is 0. The molecule has 17 heavy (non-hydrogen) atoms. The van der Waals surface area contributed by atoms with Crippen molar-refractivity contribution in [3.8, 4) is 0 Å². The van der Waals surface area contributed by atoms with Gasteiger partial charge in [-0.15, -0.1) is 0 Å². The second-order valence-corrected chi connectivity index (χ2v) is 0.894. The van der Waals surface area contributed by atoms with Gasteiger partial charge in [0.25, 0.3) is 0 Å². The molecule has 0 bridgehead atoms. The molecule has 0 rings (SSSR count). The molecule has 0 heterocycles. The van der Waals surface area contributed by atoms with Crippen LogP contribution in [0.3, 0.4) is 0 Å². The SMILES string of the molecule is O=[N+]([O-])[O-].O=[N+]([O-])[O-].O=[N+]([O-])[O-].O=[N+]([O-])[O-].[BiH3]. The van der Waals surface area contributed by atoms with Crippen LogP contribution in [0.1, 0.15) is 0 Å². The van der Waals surface area contributed by atoms with Crippen molar-refractivity contribution in [3.63, 3.8) is 0 Å². The minimum atomic E-state index is -1.75. The molecule has 0 aromatic heterocycles. The van der Waals surface area contributed by atoms with Gasteiger partial charge in [-0.3, -0.25) is 0 Å². The first-order valence-electron chi connectivity index (χ1n) is 2.19.